The van der Waals surface area contributed by atoms with Crippen LogP contribution in [0, 0.1) is 6.92 Å². The second-order valence-electron chi connectivity index (χ2n) is 4.64. The quantitative estimate of drug-likeness (QED) is 0.892. The van der Waals surface area contributed by atoms with Gasteiger partial charge in [0.25, 0.3) is 0 Å². The predicted octanol–water partition coefficient (Wildman–Crippen LogP) is 4.14. The summed E-state index contributed by atoms with van der Waals surface area (Å²) in [6.45, 7) is 5.08. The fourth-order valence-corrected chi connectivity index (χ4v) is 2.43. The smallest absolute Gasteiger partial charge is 0.224 e. The molecule has 1 heterocycles. The SMILES string of the molecule is CCCNc1ncc(Br)c(N(C)c2ccccc2C)n1. The first-order valence-corrected chi connectivity index (χ1v) is 7.48. The van der Waals surface area contributed by atoms with E-state index in [-0.39, 0.29) is 0 Å². The van der Waals surface area contributed by atoms with Crippen LogP contribution < -0.4 is 10.2 Å². The summed E-state index contributed by atoms with van der Waals surface area (Å²) in [4.78, 5) is 10.9. The van der Waals surface area contributed by atoms with Gasteiger partial charge in [0, 0.05) is 25.5 Å². The van der Waals surface area contributed by atoms with Gasteiger partial charge in [-0.3, -0.25) is 0 Å². The summed E-state index contributed by atoms with van der Waals surface area (Å²) in [7, 11) is 2.01. The average molecular weight is 335 g/mol. The first-order valence-electron chi connectivity index (χ1n) is 6.69. The van der Waals surface area contributed by atoms with Crippen LogP contribution in [-0.2, 0) is 0 Å². The molecule has 0 spiro atoms. The second kappa shape index (κ2) is 6.70. The molecule has 1 N–H and O–H groups in total. The number of aryl methyl sites for hydroxylation is 1. The maximum Gasteiger partial charge on any atom is 0.224 e. The second-order valence-corrected chi connectivity index (χ2v) is 5.49. The highest BCUT2D eigenvalue weighted by Gasteiger charge is 2.13. The fraction of sp³-hybridized carbons (Fsp3) is 0.333. The van der Waals surface area contributed by atoms with E-state index in [0.29, 0.717) is 5.95 Å². The van der Waals surface area contributed by atoms with Crippen LogP contribution in [0.4, 0.5) is 17.5 Å². The summed E-state index contributed by atoms with van der Waals surface area (Å²) in [5.74, 6) is 1.51. The fourth-order valence-electron chi connectivity index (χ4n) is 1.97. The van der Waals surface area contributed by atoms with E-state index in [1.165, 1.54) is 5.56 Å². The number of benzene rings is 1. The van der Waals surface area contributed by atoms with Gasteiger partial charge in [0.2, 0.25) is 5.95 Å². The Kier molecular flexibility index (Phi) is 4.95. The molecule has 2 aromatic rings. The van der Waals surface area contributed by atoms with E-state index < -0.39 is 0 Å². The van der Waals surface area contributed by atoms with Crippen molar-refractivity contribution < 1.29 is 0 Å². The number of nitrogens with zero attached hydrogens (tertiary/aromatic N) is 3. The van der Waals surface area contributed by atoms with Gasteiger partial charge in [-0.25, -0.2) is 4.98 Å². The van der Waals surface area contributed by atoms with Crippen LogP contribution in [0.1, 0.15) is 18.9 Å². The van der Waals surface area contributed by atoms with Gasteiger partial charge < -0.3 is 10.2 Å². The van der Waals surface area contributed by atoms with Crippen molar-refractivity contribution >= 4 is 33.4 Å². The van der Waals surface area contributed by atoms with Crippen molar-refractivity contribution in [3.05, 3.63) is 40.5 Å². The zero-order valence-corrected chi connectivity index (χ0v) is 13.6. The molecule has 0 aliphatic rings. The number of halogens is 1. The van der Waals surface area contributed by atoms with Crippen molar-refractivity contribution in [2.75, 3.05) is 23.8 Å². The Morgan fingerprint density at radius 2 is 2.05 bits per heavy atom. The summed E-state index contributed by atoms with van der Waals surface area (Å²) in [6.07, 6.45) is 2.83. The first kappa shape index (κ1) is 14.8. The van der Waals surface area contributed by atoms with Gasteiger partial charge in [-0.1, -0.05) is 25.1 Å². The molecule has 0 atom stereocenters. The Labute approximate surface area is 128 Å². The van der Waals surface area contributed by atoms with Crippen LogP contribution in [0.2, 0.25) is 0 Å². The molecule has 0 aliphatic carbocycles. The first-order chi connectivity index (χ1) is 9.63. The van der Waals surface area contributed by atoms with Gasteiger partial charge in [-0.05, 0) is 40.9 Å². The highest BCUT2D eigenvalue weighted by molar-refractivity contribution is 9.10. The van der Waals surface area contributed by atoms with Gasteiger partial charge >= 0.3 is 0 Å². The topological polar surface area (TPSA) is 41.1 Å². The van der Waals surface area contributed by atoms with Gasteiger partial charge in [-0.2, -0.15) is 4.98 Å². The van der Waals surface area contributed by atoms with Crippen LogP contribution in [0.5, 0.6) is 0 Å². The standard InChI is InChI=1S/C15H19BrN4/c1-4-9-17-15-18-10-12(16)14(19-15)20(3)13-8-6-5-7-11(13)2/h5-8,10H,4,9H2,1-3H3,(H,17,18,19). The van der Waals surface area contributed by atoms with Crippen LogP contribution in [0.15, 0.2) is 34.9 Å². The van der Waals surface area contributed by atoms with E-state index in [2.05, 4.69) is 62.1 Å². The molecule has 0 unspecified atom stereocenters. The van der Waals surface area contributed by atoms with E-state index in [0.717, 1.165) is 28.9 Å². The molecule has 1 aromatic heterocycles. The minimum Gasteiger partial charge on any atom is -0.354 e. The zero-order chi connectivity index (χ0) is 14.5. The summed E-state index contributed by atoms with van der Waals surface area (Å²) >= 11 is 3.53. The number of nitrogens with one attached hydrogen (secondary N) is 1. The molecule has 0 radical (unpaired) electrons. The third kappa shape index (κ3) is 3.28. The third-order valence-corrected chi connectivity index (χ3v) is 3.61. The Balaban J connectivity index is 2.33. The van der Waals surface area contributed by atoms with Crippen molar-refractivity contribution in [1.82, 2.24) is 9.97 Å². The molecule has 0 bridgehead atoms. The molecule has 0 amide bonds. The molecule has 0 saturated carbocycles. The summed E-state index contributed by atoms with van der Waals surface area (Å²) in [5.41, 5.74) is 2.34. The number of anilines is 3. The molecule has 0 fully saturated rings. The van der Waals surface area contributed by atoms with Crippen molar-refractivity contribution in [2.24, 2.45) is 0 Å². The van der Waals surface area contributed by atoms with Crippen molar-refractivity contribution in [2.45, 2.75) is 20.3 Å². The van der Waals surface area contributed by atoms with Gasteiger partial charge in [0.05, 0.1) is 4.47 Å². The normalized spacial score (nSPS) is 10.4. The maximum atomic E-state index is 4.58. The Bertz CT molecular complexity index is 586. The molecule has 106 valence electrons. The zero-order valence-electron chi connectivity index (χ0n) is 12.0. The molecule has 20 heavy (non-hydrogen) atoms. The molecule has 2 rings (SSSR count). The molecule has 1 aromatic carbocycles. The van der Waals surface area contributed by atoms with Crippen molar-refractivity contribution in [3.63, 3.8) is 0 Å². The molecular formula is C15H19BrN4. The van der Waals surface area contributed by atoms with Crippen LogP contribution >= 0.6 is 15.9 Å². The Hall–Kier alpha value is -1.62. The predicted molar refractivity (Wildman–Crippen MR) is 87.8 cm³/mol. The molecule has 0 saturated heterocycles. The number of para-hydroxylation sites is 1. The Morgan fingerprint density at radius 3 is 2.75 bits per heavy atom. The molecule has 0 aliphatic heterocycles. The van der Waals surface area contributed by atoms with E-state index in [9.17, 15) is 0 Å². The Morgan fingerprint density at radius 1 is 1.30 bits per heavy atom. The number of aromatic nitrogens is 2. The largest absolute Gasteiger partial charge is 0.354 e. The van der Waals surface area contributed by atoms with Crippen LogP contribution in [0.3, 0.4) is 0 Å². The van der Waals surface area contributed by atoms with Gasteiger partial charge in [0.1, 0.15) is 0 Å². The van der Waals surface area contributed by atoms with Gasteiger partial charge in [-0.15, -0.1) is 0 Å². The maximum absolute atomic E-state index is 4.58. The van der Waals surface area contributed by atoms with Gasteiger partial charge in [0.15, 0.2) is 5.82 Å². The minimum atomic E-state index is 0.658. The highest BCUT2D eigenvalue weighted by atomic mass is 79.9. The third-order valence-electron chi connectivity index (χ3n) is 3.05. The van der Waals surface area contributed by atoms with Crippen LogP contribution in [0.25, 0.3) is 0 Å². The number of hydrogen-bond donors (Lipinski definition) is 1. The molecule has 4 nitrogen and oxygen atoms in total. The van der Waals surface area contributed by atoms with Crippen LogP contribution in [-0.4, -0.2) is 23.6 Å². The lowest BCUT2D eigenvalue weighted by molar-refractivity contribution is 0.946. The minimum absolute atomic E-state index is 0.658. The van der Waals surface area contributed by atoms with E-state index in [1.807, 2.05) is 19.2 Å². The molecule has 5 heteroatoms. The monoisotopic (exact) mass is 334 g/mol. The average Bonchev–Trinajstić information content (AvgIpc) is 2.46. The van der Waals surface area contributed by atoms with E-state index in [1.54, 1.807) is 6.20 Å². The summed E-state index contributed by atoms with van der Waals surface area (Å²) in [5, 5.41) is 3.21. The van der Waals surface area contributed by atoms with Crippen molar-refractivity contribution in [3.8, 4) is 0 Å². The highest BCUT2D eigenvalue weighted by Crippen LogP contribution is 2.30. The lowest BCUT2D eigenvalue weighted by atomic mass is 10.2. The lowest BCUT2D eigenvalue weighted by Gasteiger charge is -2.22. The number of rotatable bonds is 5. The molecular weight excluding hydrogens is 316 g/mol. The lowest BCUT2D eigenvalue weighted by Crippen LogP contribution is -2.15. The number of hydrogen-bond acceptors (Lipinski definition) is 4. The summed E-state index contributed by atoms with van der Waals surface area (Å²) < 4.78 is 0.880. The summed E-state index contributed by atoms with van der Waals surface area (Å²) in [6, 6.07) is 8.25. The van der Waals surface area contributed by atoms with Crippen molar-refractivity contribution in [1.29, 1.82) is 0 Å². The van der Waals surface area contributed by atoms with E-state index >= 15 is 0 Å². The van der Waals surface area contributed by atoms with E-state index in [4.69, 9.17) is 0 Å².